The molecular formula is C13H18FNO2. The Kier molecular flexibility index (Phi) is 3.35. The van der Waals surface area contributed by atoms with E-state index in [1.54, 1.807) is 6.07 Å². The van der Waals surface area contributed by atoms with Gasteiger partial charge in [0.2, 0.25) is 0 Å². The van der Waals surface area contributed by atoms with Crippen LogP contribution in [0.4, 0.5) is 4.39 Å². The van der Waals surface area contributed by atoms with Gasteiger partial charge in [-0.05, 0) is 24.6 Å². The first-order valence-corrected chi connectivity index (χ1v) is 5.82. The fourth-order valence-corrected chi connectivity index (χ4v) is 2.16. The molecule has 0 bridgehead atoms. The molecule has 1 aliphatic rings. The number of halogens is 1. The van der Waals surface area contributed by atoms with E-state index in [9.17, 15) is 9.50 Å². The minimum atomic E-state index is -0.328. The number of hydrogen-bond acceptors (Lipinski definition) is 3. The molecule has 0 aromatic heterocycles. The van der Waals surface area contributed by atoms with Crippen LogP contribution in [-0.4, -0.2) is 24.4 Å². The average Bonchev–Trinajstić information content (AvgIpc) is 2.70. The molecule has 1 aromatic rings. The maximum absolute atomic E-state index is 13.0. The van der Waals surface area contributed by atoms with E-state index >= 15 is 0 Å². The summed E-state index contributed by atoms with van der Waals surface area (Å²) >= 11 is 0. The van der Waals surface area contributed by atoms with Crippen molar-refractivity contribution in [1.82, 2.24) is 0 Å². The molecule has 2 unspecified atom stereocenters. The lowest BCUT2D eigenvalue weighted by Crippen LogP contribution is -2.36. The van der Waals surface area contributed by atoms with E-state index in [-0.39, 0.29) is 23.9 Å². The minimum absolute atomic E-state index is 0.0208. The van der Waals surface area contributed by atoms with E-state index in [1.165, 1.54) is 12.1 Å². The van der Waals surface area contributed by atoms with Crippen LogP contribution in [0.25, 0.3) is 0 Å². The number of aliphatic hydroxyl groups is 1. The number of benzene rings is 1. The fraction of sp³-hybridized carbons (Fsp3) is 0.538. The van der Waals surface area contributed by atoms with Crippen molar-refractivity contribution in [2.75, 3.05) is 13.2 Å². The first-order valence-electron chi connectivity index (χ1n) is 5.82. The van der Waals surface area contributed by atoms with E-state index in [0.717, 1.165) is 11.3 Å². The Balaban J connectivity index is 2.05. The summed E-state index contributed by atoms with van der Waals surface area (Å²) in [6.07, 6.45) is 1.34. The number of aliphatic hydroxyl groups excluding tert-OH is 1. The Morgan fingerprint density at radius 3 is 3.00 bits per heavy atom. The first kappa shape index (κ1) is 12.3. The molecule has 3 N–H and O–H groups in total. The minimum Gasteiger partial charge on any atom is -0.490 e. The molecule has 0 amide bonds. The van der Waals surface area contributed by atoms with Crippen molar-refractivity contribution in [3.8, 4) is 5.75 Å². The summed E-state index contributed by atoms with van der Waals surface area (Å²) in [4.78, 5) is 0. The van der Waals surface area contributed by atoms with Gasteiger partial charge in [-0.1, -0.05) is 6.92 Å². The number of rotatable bonds is 4. The quantitative estimate of drug-likeness (QED) is 0.836. The van der Waals surface area contributed by atoms with E-state index < -0.39 is 0 Å². The lowest BCUT2D eigenvalue weighted by atomic mass is 9.84. The summed E-state index contributed by atoms with van der Waals surface area (Å²) in [5.74, 6) is 0.505. The molecule has 2 atom stereocenters. The predicted molar refractivity (Wildman–Crippen MR) is 63.4 cm³/mol. The highest BCUT2D eigenvalue weighted by Crippen LogP contribution is 2.34. The zero-order valence-electron chi connectivity index (χ0n) is 9.95. The van der Waals surface area contributed by atoms with Crippen molar-refractivity contribution in [1.29, 1.82) is 0 Å². The van der Waals surface area contributed by atoms with Crippen LogP contribution in [0.15, 0.2) is 18.2 Å². The second kappa shape index (κ2) is 4.63. The van der Waals surface area contributed by atoms with E-state index in [4.69, 9.17) is 10.5 Å². The van der Waals surface area contributed by atoms with Crippen molar-refractivity contribution in [3.63, 3.8) is 0 Å². The van der Waals surface area contributed by atoms with Gasteiger partial charge in [-0.3, -0.25) is 0 Å². The van der Waals surface area contributed by atoms with Gasteiger partial charge in [-0.2, -0.15) is 0 Å². The number of ether oxygens (including phenoxy) is 1. The standard InChI is InChI=1S/C13H18FNO2/c1-13(7-15,8-16)6-11-5-9-4-10(14)2-3-12(9)17-11/h2-4,11,16H,5-8,15H2,1H3. The van der Waals surface area contributed by atoms with Gasteiger partial charge in [-0.15, -0.1) is 0 Å². The van der Waals surface area contributed by atoms with Crippen molar-refractivity contribution in [2.24, 2.45) is 11.1 Å². The Labute approximate surface area is 100 Å². The first-order chi connectivity index (χ1) is 8.06. The van der Waals surface area contributed by atoms with Crippen LogP contribution in [-0.2, 0) is 6.42 Å². The molecule has 17 heavy (non-hydrogen) atoms. The summed E-state index contributed by atoms with van der Waals surface area (Å²) < 4.78 is 18.8. The fourth-order valence-electron chi connectivity index (χ4n) is 2.16. The Bertz CT molecular complexity index is 404. The van der Waals surface area contributed by atoms with Gasteiger partial charge in [0.05, 0.1) is 0 Å². The molecule has 1 aromatic carbocycles. The van der Waals surface area contributed by atoms with Gasteiger partial charge in [0.25, 0.3) is 0 Å². The normalized spacial score (nSPS) is 21.8. The Morgan fingerprint density at radius 2 is 2.35 bits per heavy atom. The number of fused-ring (bicyclic) bond motifs is 1. The molecular weight excluding hydrogens is 221 g/mol. The van der Waals surface area contributed by atoms with Gasteiger partial charge >= 0.3 is 0 Å². The molecule has 0 fully saturated rings. The number of nitrogens with two attached hydrogens (primary N) is 1. The third kappa shape index (κ3) is 2.58. The third-order valence-electron chi connectivity index (χ3n) is 3.36. The van der Waals surface area contributed by atoms with Crippen molar-refractivity contribution >= 4 is 0 Å². The van der Waals surface area contributed by atoms with Crippen LogP contribution in [0.2, 0.25) is 0 Å². The molecule has 0 aliphatic carbocycles. The highest BCUT2D eigenvalue weighted by molar-refractivity contribution is 5.37. The van der Waals surface area contributed by atoms with E-state index in [0.29, 0.717) is 19.4 Å². The molecule has 94 valence electrons. The highest BCUT2D eigenvalue weighted by Gasteiger charge is 2.31. The lowest BCUT2D eigenvalue weighted by molar-refractivity contribution is 0.0887. The Hall–Kier alpha value is -1.13. The van der Waals surface area contributed by atoms with Gasteiger partial charge in [0, 0.05) is 30.6 Å². The zero-order chi connectivity index (χ0) is 12.5. The molecule has 0 spiro atoms. The summed E-state index contributed by atoms with van der Waals surface area (Å²) in [6, 6.07) is 4.56. The van der Waals surface area contributed by atoms with Crippen LogP contribution in [0, 0.1) is 11.2 Å². The second-order valence-electron chi connectivity index (χ2n) is 5.07. The van der Waals surface area contributed by atoms with Gasteiger partial charge < -0.3 is 15.6 Å². The molecule has 0 radical (unpaired) electrons. The number of hydrogen-bond donors (Lipinski definition) is 2. The zero-order valence-corrected chi connectivity index (χ0v) is 9.95. The molecule has 0 saturated heterocycles. The smallest absolute Gasteiger partial charge is 0.123 e. The predicted octanol–water partition coefficient (Wildman–Crippen LogP) is 1.48. The van der Waals surface area contributed by atoms with Crippen molar-refractivity contribution in [2.45, 2.75) is 25.9 Å². The summed E-state index contributed by atoms with van der Waals surface area (Å²) in [5, 5.41) is 9.31. The SMILES string of the molecule is CC(CN)(CO)CC1Cc2cc(F)ccc2O1. The molecule has 0 saturated carbocycles. The molecule has 4 heteroatoms. The summed E-state index contributed by atoms with van der Waals surface area (Å²) in [5.41, 5.74) is 6.22. The molecule has 1 aliphatic heterocycles. The second-order valence-corrected chi connectivity index (χ2v) is 5.07. The lowest BCUT2D eigenvalue weighted by Gasteiger charge is -2.28. The van der Waals surface area contributed by atoms with Crippen molar-refractivity contribution in [3.05, 3.63) is 29.6 Å². The third-order valence-corrected chi connectivity index (χ3v) is 3.36. The van der Waals surface area contributed by atoms with Crippen LogP contribution >= 0.6 is 0 Å². The maximum atomic E-state index is 13.0. The van der Waals surface area contributed by atoms with Crippen LogP contribution in [0.3, 0.4) is 0 Å². The summed E-state index contributed by atoms with van der Waals surface area (Å²) in [6.45, 7) is 2.38. The molecule has 1 heterocycles. The average molecular weight is 239 g/mol. The largest absolute Gasteiger partial charge is 0.490 e. The van der Waals surface area contributed by atoms with Crippen LogP contribution < -0.4 is 10.5 Å². The topological polar surface area (TPSA) is 55.5 Å². The Morgan fingerprint density at radius 1 is 1.59 bits per heavy atom. The van der Waals surface area contributed by atoms with E-state index in [1.807, 2.05) is 6.92 Å². The summed E-state index contributed by atoms with van der Waals surface area (Å²) in [7, 11) is 0. The van der Waals surface area contributed by atoms with Crippen molar-refractivity contribution < 1.29 is 14.2 Å². The van der Waals surface area contributed by atoms with Crippen LogP contribution in [0.5, 0.6) is 5.75 Å². The van der Waals surface area contributed by atoms with Gasteiger partial charge in [0.15, 0.2) is 0 Å². The van der Waals surface area contributed by atoms with Crippen LogP contribution in [0.1, 0.15) is 18.9 Å². The van der Waals surface area contributed by atoms with E-state index in [2.05, 4.69) is 0 Å². The molecule has 3 nitrogen and oxygen atoms in total. The maximum Gasteiger partial charge on any atom is 0.123 e. The molecule has 2 rings (SSSR count). The van der Waals surface area contributed by atoms with Gasteiger partial charge in [0.1, 0.15) is 17.7 Å². The van der Waals surface area contributed by atoms with Gasteiger partial charge in [-0.25, -0.2) is 4.39 Å². The monoisotopic (exact) mass is 239 g/mol. The highest BCUT2D eigenvalue weighted by atomic mass is 19.1.